The number of hydrogen-bond donors (Lipinski definition) is 2. The Morgan fingerprint density at radius 3 is 2.83 bits per heavy atom. The molecule has 128 valence electrons. The predicted molar refractivity (Wildman–Crippen MR) is 88.0 cm³/mol. The van der Waals surface area contributed by atoms with E-state index in [0.29, 0.717) is 39.1 Å². The Kier molecular flexibility index (Phi) is 5.14. The van der Waals surface area contributed by atoms with Crippen LogP contribution in [0.5, 0.6) is 0 Å². The van der Waals surface area contributed by atoms with Crippen LogP contribution in [0.2, 0.25) is 0 Å². The normalized spacial score (nSPS) is 20.5. The van der Waals surface area contributed by atoms with Gasteiger partial charge in [0, 0.05) is 19.6 Å². The highest BCUT2D eigenvalue weighted by Gasteiger charge is 2.36. The van der Waals surface area contributed by atoms with Crippen LogP contribution in [0.4, 0.5) is 0 Å². The molecule has 0 aromatic heterocycles. The van der Waals surface area contributed by atoms with Crippen LogP contribution < -0.4 is 11.1 Å². The Balaban J connectivity index is 1.64. The van der Waals surface area contributed by atoms with Gasteiger partial charge in [0.15, 0.2) is 0 Å². The maximum absolute atomic E-state index is 12.4. The molecule has 24 heavy (non-hydrogen) atoms. The molecule has 1 aromatic rings. The molecule has 3 rings (SSSR count). The van der Waals surface area contributed by atoms with E-state index in [-0.39, 0.29) is 5.91 Å². The van der Waals surface area contributed by atoms with Gasteiger partial charge in [-0.25, -0.2) is 0 Å². The van der Waals surface area contributed by atoms with Gasteiger partial charge in [0.05, 0.1) is 24.8 Å². The van der Waals surface area contributed by atoms with Crippen molar-refractivity contribution in [3.05, 3.63) is 34.9 Å². The topological polar surface area (TPSA) is 97.4 Å². The first kappa shape index (κ1) is 16.9. The number of fused-ring (bicyclic) bond motifs is 1. The molecule has 3 N–H and O–H groups in total. The summed E-state index contributed by atoms with van der Waals surface area (Å²) in [4.78, 5) is 12.4. The Morgan fingerprint density at radius 2 is 2.08 bits per heavy atom. The molecule has 2 aliphatic heterocycles. The third kappa shape index (κ3) is 3.75. The highest BCUT2D eigenvalue weighted by atomic mass is 16.5. The SMILES string of the molecule is N#C[C@H](Cc1ccc2c(c1)COCC2)NC(=O)C1(N)CCOCC1. The molecule has 1 fully saturated rings. The molecule has 1 amide bonds. The van der Waals surface area contributed by atoms with Crippen LogP contribution >= 0.6 is 0 Å². The summed E-state index contributed by atoms with van der Waals surface area (Å²) in [7, 11) is 0. The lowest BCUT2D eigenvalue weighted by atomic mass is 9.89. The minimum absolute atomic E-state index is 0.265. The molecule has 2 heterocycles. The van der Waals surface area contributed by atoms with E-state index < -0.39 is 11.6 Å². The van der Waals surface area contributed by atoms with E-state index in [0.717, 1.165) is 18.6 Å². The van der Waals surface area contributed by atoms with Gasteiger partial charge in [0.1, 0.15) is 6.04 Å². The van der Waals surface area contributed by atoms with Crippen molar-refractivity contribution in [2.75, 3.05) is 19.8 Å². The number of nitrogens with zero attached hydrogens (tertiary/aromatic N) is 1. The Labute approximate surface area is 141 Å². The number of hydrogen-bond acceptors (Lipinski definition) is 5. The van der Waals surface area contributed by atoms with Gasteiger partial charge in [-0.2, -0.15) is 5.26 Å². The first-order valence-corrected chi connectivity index (χ1v) is 8.36. The van der Waals surface area contributed by atoms with Crippen LogP contribution in [-0.4, -0.2) is 37.3 Å². The third-order valence-corrected chi connectivity index (χ3v) is 4.78. The van der Waals surface area contributed by atoms with Gasteiger partial charge >= 0.3 is 0 Å². The molecular formula is C18H23N3O3. The smallest absolute Gasteiger partial charge is 0.241 e. The number of benzene rings is 1. The van der Waals surface area contributed by atoms with E-state index in [9.17, 15) is 10.1 Å². The highest BCUT2D eigenvalue weighted by Crippen LogP contribution is 2.20. The van der Waals surface area contributed by atoms with Crippen molar-refractivity contribution in [2.45, 2.75) is 43.9 Å². The lowest BCUT2D eigenvalue weighted by Crippen LogP contribution is -2.58. The van der Waals surface area contributed by atoms with Gasteiger partial charge in [-0.15, -0.1) is 0 Å². The van der Waals surface area contributed by atoms with Crippen molar-refractivity contribution in [3.63, 3.8) is 0 Å². The van der Waals surface area contributed by atoms with E-state index in [1.165, 1.54) is 11.1 Å². The second kappa shape index (κ2) is 7.31. The number of ether oxygens (including phenoxy) is 2. The van der Waals surface area contributed by atoms with Crippen molar-refractivity contribution < 1.29 is 14.3 Å². The number of nitrogens with two attached hydrogens (primary N) is 1. The Bertz CT molecular complexity index is 647. The van der Waals surface area contributed by atoms with E-state index in [2.05, 4.69) is 23.5 Å². The predicted octanol–water partition coefficient (Wildman–Crippen LogP) is 0.818. The van der Waals surface area contributed by atoms with Crippen molar-refractivity contribution in [3.8, 4) is 6.07 Å². The molecule has 0 aliphatic carbocycles. The molecule has 0 spiro atoms. The van der Waals surface area contributed by atoms with Crippen molar-refractivity contribution >= 4 is 5.91 Å². The lowest BCUT2D eigenvalue weighted by molar-refractivity contribution is -0.130. The average molecular weight is 329 g/mol. The van der Waals surface area contributed by atoms with Crippen molar-refractivity contribution in [1.82, 2.24) is 5.32 Å². The summed E-state index contributed by atoms with van der Waals surface area (Å²) in [6, 6.07) is 7.75. The molecule has 1 atom stereocenters. The van der Waals surface area contributed by atoms with E-state index in [4.69, 9.17) is 15.2 Å². The number of amides is 1. The Morgan fingerprint density at radius 1 is 1.29 bits per heavy atom. The summed E-state index contributed by atoms with van der Waals surface area (Å²) in [5, 5.41) is 12.2. The van der Waals surface area contributed by atoms with Crippen molar-refractivity contribution in [2.24, 2.45) is 5.73 Å². The standard InChI is InChI=1S/C18H23N3O3/c19-11-16(21-17(22)18(20)4-7-23-8-5-18)10-13-1-2-14-3-6-24-12-15(14)9-13/h1-2,9,16H,3-8,10,12,20H2,(H,21,22)/t16-/m0/s1. The molecule has 0 bridgehead atoms. The third-order valence-electron chi connectivity index (χ3n) is 4.78. The molecule has 6 nitrogen and oxygen atoms in total. The number of nitrogens with one attached hydrogen (secondary N) is 1. The summed E-state index contributed by atoms with van der Waals surface area (Å²) in [6.07, 6.45) is 2.34. The molecule has 0 saturated carbocycles. The van der Waals surface area contributed by atoms with E-state index in [1.807, 2.05) is 6.07 Å². The Hall–Kier alpha value is -1.94. The van der Waals surface area contributed by atoms with Gasteiger partial charge in [-0.3, -0.25) is 4.79 Å². The monoisotopic (exact) mass is 329 g/mol. The zero-order chi connectivity index (χ0) is 17.0. The van der Waals surface area contributed by atoms with Gasteiger partial charge in [0.2, 0.25) is 5.91 Å². The average Bonchev–Trinajstić information content (AvgIpc) is 2.61. The van der Waals surface area contributed by atoms with E-state index >= 15 is 0 Å². The number of carbonyl (C=O) groups excluding carboxylic acids is 1. The zero-order valence-electron chi connectivity index (χ0n) is 13.7. The first-order valence-electron chi connectivity index (χ1n) is 8.36. The molecular weight excluding hydrogens is 306 g/mol. The first-order chi connectivity index (χ1) is 11.6. The molecule has 6 heteroatoms. The second-order valence-electron chi connectivity index (χ2n) is 6.53. The zero-order valence-corrected chi connectivity index (χ0v) is 13.7. The second-order valence-corrected chi connectivity index (χ2v) is 6.53. The molecule has 2 aliphatic rings. The summed E-state index contributed by atoms with van der Waals surface area (Å²) in [6.45, 7) is 2.32. The minimum Gasteiger partial charge on any atom is -0.381 e. The van der Waals surface area contributed by atoms with Gasteiger partial charge < -0.3 is 20.5 Å². The molecule has 0 unspecified atom stereocenters. The van der Waals surface area contributed by atoms with E-state index in [1.54, 1.807) is 0 Å². The maximum atomic E-state index is 12.4. The number of carbonyl (C=O) groups is 1. The highest BCUT2D eigenvalue weighted by molar-refractivity contribution is 5.86. The molecule has 1 aromatic carbocycles. The summed E-state index contributed by atoms with van der Waals surface area (Å²) in [5.41, 5.74) is 8.72. The molecule has 1 saturated heterocycles. The molecule has 0 radical (unpaired) electrons. The van der Waals surface area contributed by atoms with Crippen LogP contribution in [0.15, 0.2) is 18.2 Å². The van der Waals surface area contributed by atoms with Gasteiger partial charge in [-0.05, 0) is 36.0 Å². The van der Waals surface area contributed by atoms with Crippen LogP contribution in [0.25, 0.3) is 0 Å². The maximum Gasteiger partial charge on any atom is 0.241 e. The summed E-state index contributed by atoms with van der Waals surface area (Å²) in [5.74, 6) is -0.265. The van der Waals surface area contributed by atoms with Crippen LogP contribution in [0, 0.1) is 11.3 Å². The van der Waals surface area contributed by atoms with Gasteiger partial charge in [0.25, 0.3) is 0 Å². The summed E-state index contributed by atoms with van der Waals surface area (Å²) < 4.78 is 10.7. The fourth-order valence-corrected chi connectivity index (χ4v) is 3.18. The van der Waals surface area contributed by atoms with Crippen LogP contribution in [0.3, 0.4) is 0 Å². The minimum atomic E-state index is -0.933. The van der Waals surface area contributed by atoms with Gasteiger partial charge in [-0.1, -0.05) is 18.2 Å². The number of rotatable bonds is 4. The van der Waals surface area contributed by atoms with Crippen LogP contribution in [-0.2, 0) is 33.7 Å². The van der Waals surface area contributed by atoms with Crippen LogP contribution in [0.1, 0.15) is 29.5 Å². The summed E-state index contributed by atoms with van der Waals surface area (Å²) >= 11 is 0. The van der Waals surface area contributed by atoms with Crippen molar-refractivity contribution in [1.29, 1.82) is 5.26 Å². The number of nitriles is 1. The quantitative estimate of drug-likeness (QED) is 0.852. The fourth-order valence-electron chi connectivity index (χ4n) is 3.18. The largest absolute Gasteiger partial charge is 0.381 e. The fraction of sp³-hybridized carbons (Fsp3) is 0.556. The lowest BCUT2D eigenvalue weighted by Gasteiger charge is -2.32.